The van der Waals surface area contributed by atoms with Crippen molar-refractivity contribution >= 4 is 26.8 Å². The van der Waals surface area contributed by atoms with E-state index in [1.807, 2.05) is 24.7 Å². The molecule has 7 heteroatoms. The second kappa shape index (κ2) is 5.66. The maximum absolute atomic E-state index is 5.70. The normalized spacial score (nSPS) is 14.8. The number of aromatic nitrogens is 3. The molecular formula is C17H20N4O2S. The Morgan fingerprint density at radius 2 is 2.00 bits per heavy atom. The summed E-state index contributed by atoms with van der Waals surface area (Å²) >= 11 is 1.68. The van der Waals surface area contributed by atoms with Gasteiger partial charge in [-0.2, -0.15) is 5.10 Å². The first kappa shape index (κ1) is 15.3. The highest BCUT2D eigenvalue weighted by Gasteiger charge is 2.21. The first-order valence-electron chi connectivity index (χ1n) is 7.97. The average molecular weight is 344 g/mol. The molecule has 126 valence electrons. The Kier molecular flexibility index (Phi) is 3.60. The van der Waals surface area contributed by atoms with E-state index in [1.54, 1.807) is 11.3 Å². The van der Waals surface area contributed by atoms with Gasteiger partial charge in [0.1, 0.15) is 13.2 Å². The maximum atomic E-state index is 5.70. The van der Waals surface area contributed by atoms with E-state index < -0.39 is 0 Å². The van der Waals surface area contributed by atoms with E-state index in [-0.39, 0.29) is 6.04 Å². The smallest absolute Gasteiger partial charge is 0.188 e. The zero-order valence-corrected chi connectivity index (χ0v) is 15.1. The van der Waals surface area contributed by atoms with Gasteiger partial charge >= 0.3 is 0 Å². The quantitative estimate of drug-likeness (QED) is 0.730. The number of fused-ring (bicyclic) bond motifs is 2. The van der Waals surface area contributed by atoms with Gasteiger partial charge < -0.3 is 14.4 Å². The molecule has 0 bridgehead atoms. The van der Waals surface area contributed by atoms with Crippen molar-refractivity contribution in [2.45, 2.75) is 19.9 Å². The summed E-state index contributed by atoms with van der Waals surface area (Å²) in [5, 5.41) is 5.41. The lowest BCUT2D eigenvalue weighted by Gasteiger charge is -2.26. The minimum absolute atomic E-state index is 0.176. The predicted octanol–water partition coefficient (Wildman–Crippen LogP) is 3.31. The van der Waals surface area contributed by atoms with Gasteiger partial charge in [0.25, 0.3) is 0 Å². The number of nitrogens with zero attached hydrogens (tertiary/aromatic N) is 4. The highest BCUT2D eigenvalue weighted by molar-refractivity contribution is 7.22. The number of ether oxygens (including phenoxy) is 2. The number of aryl methyl sites for hydroxylation is 2. The van der Waals surface area contributed by atoms with Gasteiger partial charge in [-0.05, 0) is 31.5 Å². The summed E-state index contributed by atoms with van der Waals surface area (Å²) < 4.78 is 14.3. The summed E-state index contributed by atoms with van der Waals surface area (Å²) in [6, 6.07) is 6.32. The molecule has 0 fully saturated rings. The number of rotatable bonds is 3. The van der Waals surface area contributed by atoms with Gasteiger partial charge in [0, 0.05) is 14.1 Å². The molecule has 4 rings (SSSR count). The van der Waals surface area contributed by atoms with Gasteiger partial charge in [-0.1, -0.05) is 17.4 Å². The third-order valence-electron chi connectivity index (χ3n) is 4.46. The van der Waals surface area contributed by atoms with Gasteiger partial charge in [0.2, 0.25) is 0 Å². The van der Waals surface area contributed by atoms with Crippen molar-refractivity contribution in [3.05, 3.63) is 29.5 Å². The standard InChI is InChI=1S/C17H20N4O2S/c1-10-15-16(21(4)19-10)18-17(24-15)20(3)11(2)12-5-6-13-14(9-12)23-8-7-22-13/h5-6,9,11H,7-8H2,1-4H3/t11-/m1/s1. The summed E-state index contributed by atoms with van der Waals surface area (Å²) in [4.78, 5) is 6.95. The molecular weight excluding hydrogens is 324 g/mol. The van der Waals surface area contributed by atoms with Gasteiger partial charge in [0.05, 0.1) is 16.4 Å². The lowest BCUT2D eigenvalue weighted by Crippen LogP contribution is -2.22. The summed E-state index contributed by atoms with van der Waals surface area (Å²) in [7, 11) is 4.00. The fraction of sp³-hybridized carbons (Fsp3) is 0.412. The van der Waals surface area contributed by atoms with E-state index in [9.17, 15) is 0 Å². The molecule has 1 aliphatic heterocycles. The first-order chi connectivity index (χ1) is 11.5. The number of benzene rings is 1. The summed E-state index contributed by atoms with van der Waals surface area (Å²) in [5.74, 6) is 1.64. The Morgan fingerprint density at radius 1 is 1.25 bits per heavy atom. The Hall–Kier alpha value is -2.28. The molecule has 0 radical (unpaired) electrons. The topological polar surface area (TPSA) is 52.4 Å². The van der Waals surface area contributed by atoms with Crippen LogP contribution in [0.5, 0.6) is 11.5 Å². The van der Waals surface area contributed by atoms with Crippen LogP contribution in [0.3, 0.4) is 0 Å². The second-order valence-corrected chi connectivity index (χ2v) is 7.03. The van der Waals surface area contributed by atoms with Crippen LogP contribution in [0.25, 0.3) is 10.3 Å². The van der Waals surface area contributed by atoms with Crippen molar-refractivity contribution in [2.24, 2.45) is 7.05 Å². The zero-order chi connectivity index (χ0) is 16.8. The van der Waals surface area contributed by atoms with Gasteiger partial charge in [-0.15, -0.1) is 0 Å². The van der Waals surface area contributed by atoms with Crippen LogP contribution in [0.4, 0.5) is 5.13 Å². The number of anilines is 1. The average Bonchev–Trinajstić information content (AvgIpc) is 3.15. The molecule has 0 amide bonds. The van der Waals surface area contributed by atoms with Crippen LogP contribution < -0.4 is 14.4 Å². The number of thiazole rings is 1. The van der Waals surface area contributed by atoms with Crippen LogP contribution in [0, 0.1) is 6.92 Å². The van der Waals surface area contributed by atoms with E-state index >= 15 is 0 Å². The maximum Gasteiger partial charge on any atom is 0.188 e. The molecule has 1 atom stereocenters. The molecule has 0 saturated carbocycles. The predicted molar refractivity (Wildman–Crippen MR) is 95.4 cm³/mol. The number of hydrogen-bond donors (Lipinski definition) is 0. The Bertz CT molecular complexity index is 867. The van der Waals surface area contributed by atoms with Crippen molar-refractivity contribution in [1.29, 1.82) is 0 Å². The minimum Gasteiger partial charge on any atom is -0.486 e. The molecule has 0 N–H and O–H groups in total. The molecule has 24 heavy (non-hydrogen) atoms. The van der Waals surface area contributed by atoms with E-state index in [4.69, 9.17) is 14.5 Å². The van der Waals surface area contributed by atoms with Gasteiger partial charge in [-0.25, -0.2) is 9.67 Å². The molecule has 1 aliphatic rings. The zero-order valence-electron chi connectivity index (χ0n) is 14.2. The molecule has 3 aromatic rings. The third-order valence-corrected chi connectivity index (χ3v) is 5.71. The fourth-order valence-electron chi connectivity index (χ4n) is 2.93. The van der Waals surface area contributed by atoms with Gasteiger partial charge in [-0.3, -0.25) is 0 Å². The summed E-state index contributed by atoms with van der Waals surface area (Å²) in [5.41, 5.74) is 3.14. The second-order valence-electron chi connectivity index (χ2n) is 6.05. The van der Waals surface area contributed by atoms with Crippen LogP contribution in [0.1, 0.15) is 24.2 Å². The van der Waals surface area contributed by atoms with E-state index in [2.05, 4.69) is 36.1 Å². The highest BCUT2D eigenvalue weighted by Crippen LogP contribution is 2.37. The summed E-state index contributed by atoms with van der Waals surface area (Å²) in [6.07, 6.45) is 0. The molecule has 0 unspecified atom stereocenters. The molecule has 2 aromatic heterocycles. The van der Waals surface area contributed by atoms with Crippen LogP contribution >= 0.6 is 11.3 Å². The molecule has 6 nitrogen and oxygen atoms in total. The SMILES string of the molecule is Cc1nn(C)c2nc(N(C)[C@H](C)c3ccc4c(c3)OCCO4)sc12. The molecule has 3 heterocycles. The summed E-state index contributed by atoms with van der Waals surface area (Å²) in [6.45, 7) is 5.41. The number of hydrogen-bond acceptors (Lipinski definition) is 6. The van der Waals surface area contributed by atoms with Crippen molar-refractivity contribution in [1.82, 2.24) is 14.8 Å². The van der Waals surface area contributed by atoms with Crippen LogP contribution in [0.15, 0.2) is 18.2 Å². The Balaban J connectivity index is 1.65. The van der Waals surface area contributed by atoms with E-state index in [0.717, 1.165) is 32.7 Å². The Morgan fingerprint density at radius 3 is 2.75 bits per heavy atom. The lowest BCUT2D eigenvalue weighted by molar-refractivity contribution is 0.171. The highest BCUT2D eigenvalue weighted by atomic mass is 32.1. The van der Waals surface area contributed by atoms with Crippen molar-refractivity contribution < 1.29 is 9.47 Å². The fourth-order valence-corrected chi connectivity index (χ4v) is 4.01. The third kappa shape index (κ3) is 2.39. The Labute approximate surface area is 144 Å². The van der Waals surface area contributed by atoms with Crippen LogP contribution in [0.2, 0.25) is 0 Å². The van der Waals surface area contributed by atoms with E-state index in [0.29, 0.717) is 13.2 Å². The van der Waals surface area contributed by atoms with Gasteiger partial charge in [0.15, 0.2) is 22.3 Å². The lowest BCUT2D eigenvalue weighted by atomic mass is 10.1. The molecule has 1 aromatic carbocycles. The molecule has 0 aliphatic carbocycles. The van der Waals surface area contributed by atoms with Crippen molar-refractivity contribution in [3.63, 3.8) is 0 Å². The molecule has 0 saturated heterocycles. The molecule has 0 spiro atoms. The first-order valence-corrected chi connectivity index (χ1v) is 8.79. The monoisotopic (exact) mass is 344 g/mol. The van der Waals surface area contributed by atoms with E-state index in [1.165, 1.54) is 5.56 Å². The van der Waals surface area contributed by atoms with Crippen molar-refractivity contribution in [2.75, 3.05) is 25.2 Å². The largest absolute Gasteiger partial charge is 0.486 e. The van der Waals surface area contributed by atoms with Crippen molar-refractivity contribution in [3.8, 4) is 11.5 Å². The van der Waals surface area contributed by atoms with Crippen LogP contribution in [-0.2, 0) is 7.05 Å². The van der Waals surface area contributed by atoms with Crippen LogP contribution in [-0.4, -0.2) is 35.0 Å². The minimum atomic E-state index is 0.176.